The Morgan fingerprint density at radius 2 is 1.83 bits per heavy atom. The minimum absolute atomic E-state index is 0.0570. The van der Waals surface area contributed by atoms with Gasteiger partial charge in [0.15, 0.2) is 0 Å². The van der Waals surface area contributed by atoms with E-state index in [1.807, 2.05) is 15.5 Å². The van der Waals surface area contributed by atoms with Gasteiger partial charge in [0.1, 0.15) is 0 Å². The molecule has 7 nitrogen and oxygen atoms in total. The molecular formula is C23H28N4O3. The van der Waals surface area contributed by atoms with E-state index < -0.39 is 0 Å². The molecule has 3 aliphatic heterocycles. The van der Waals surface area contributed by atoms with E-state index in [0.29, 0.717) is 25.2 Å². The minimum atomic E-state index is -0.212. The largest absolute Gasteiger partial charge is 0.338 e. The average Bonchev–Trinajstić information content (AvgIpc) is 2.77. The highest BCUT2D eigenvalue weighted by atomic mass is 16.2. The molecule has 2 fully saturated rings. The third-order valence-corrected chi connectivity index (χ3v) is 6.84. The number of fused-ring (bicyclic) bond motifs is 4. The molecule has 0 radical (unpaired) electrons. The number of carbonyl (C=O) groups is 1. The number of amides is 1. The Morgan fingerprint density at radius 3 is 2.60 bits per heavy atom. The quantitative estimate of drug-likeness (QED) is 0.840. The predicted octanol–water partition coefficient (Wildman–Crippen LogP) is 1.78. The third-order valence-electron chi connectivity index (χ3n) is 6.84. The lowest BCUT2D eigenvalue weighted by Gasteiger charge is -2.43. The summed E-state index contributed by atoms with van der Waals surface area (Å²) in [7, 11) is 0. The van der Waals surface area contributed by atoms with Gasteiger partial charge in [-0.2, -0.15) is 0 Å². The fourth-order valence-electron chi connectivity index (χ4n) is 5.36. The summed E-state index contributed by atoms with van der Waals surface area (Å²) in [6.45, 7) is 4.83. The highest BCUT2D eigenvalue weighted by molar-refractivity contribution is 5.94. The summed E-state index contributed by atoms with van der Waals surface area (Å²) in [4.78, 5) is 44.3. The Bertz CT molecular complexity index is 1050. The van der Waals surface area contributed by atoms with Crippen LogP contribution in [0.5, 0.6) is 0 Å². The van der Waals surface area contributed by atoms with Gasteiger partial charge in [0.25, 0.3) is 11.5 Å². The van der Waals surface area contributed by atoms with Crippen molar-refractivity contribution in [2.24, 2.45) is 5.92 Å². The van der Waals surface area contributed by atoms with Gasteiger partial charge in [-0.1, -0.05) is 12.5 Å². The maximum absolute atomic E-state index is 13.2. The van der Waals surface area contributed by atoms with E-state index in [4.69, 9.17) is 0 Å². The highest BCUT2D eigenvalue weighted by Gasteiger charge is 2.37. The number of nitrogens with one attached hydrogen (secondary N) is 1. The number of hydrogen-bond donors (Lipinski definition) is 1. The van der Waals surface area contributed by atoms with Crippen LogP contribution in [0.25, 0.3) is 0 Å². The Kier molecular flexibility index (Phi) is 5.06. The summed E-state index contributed by atoms with van der Waals surface area (Å²) in [5.74, 6) is 0.408. The molecule has 2 aromatic heterocycles. The molecule has 0 spiro atoms. The van der Waals surface area contributed by atoms with Gasteiger partial charge < -0.3 is 14.5 Å². The van der Waals surface area contributed by atoms with Crippen LogP contribution in [0.4, 0.5) is 0 Å². The molecule has 0 aromatic carbocycles. The molecule has 7 heteroatoms. The smallest absolute Gasteiger partial charge is 0.255 e. The maximum atomic E-state index is 13.2. The molecule has 1 amide bonds. The summed E-state index contributed by atoms with van der Waals surface area (Å²) in [6, 6.07) is 7.08. The van der Waals surface area contributed by atoms with Gasteiger partial charge in [-0.05, 0) is 50.4 Å². The van der Waals surface area contributed by atoms with Crippen LogP contribution >= 0.6 is 0 Å². The summed E-state index contributed by atoms with van der Waals surface area (Å²) in [6.07, 6.45) is 6.23. The number of rotatable bonds is 3. The molecule has 5 heterocycles. The van der Waals surface area contributed by atoms with Gasteiger partial charge >= 0.3 is 0 Å². The zero-order chi connectivity index (χ0) is 20.7. The molecule has 0 unspecified atom stereocenters. The van der Waals surface area contributed by atoms with Crippen LogP contribution < -0.4 is 11.1 Å². The maximum Gasteiger partial charge on any atom is 0.255 e. The Balaban J connectivity index is 1.36. The standard InChI is InChI=1S/C23H28N4O3/c28-21-7-5-17(11-24-21)22(29)26-12-16-10-19(15-26)20-6-4-18(23(30)27(20)13-16)14-25-8-2-1-3-9-25/h4-7,11,16,19H,1-3,8-10,12-15H2,(H,24,28)/t16-,19+/m0/s1. The molecule has 2 bridgehead atoms. The molecule has 3 aliphatic rings. The zero-order valence-corrected chi connectivity index (χ0v) is 17.2. The summed E-state index contributed by atoms with van der Waals surface area (Å²) in [5.41, 5.74) is 2.38. The molecule has 2 aromatic rings. The van der Waals surface area contributed by atoms with Crippen molar-refractivity contribution in [2.75, 3.05) is 26.2 Å². The monoisotopic (exact) mass is 408 g/mol. The second-order valence-electron chi connectivity index (χ2n) is 8.99. The third kappa shape index (κ3) is 3.62. The summed E-state index contributed by atoms with van der Waals surface area (Å²) >= 11 is 0. The van der Waals surface area contributed by atoms with Gasteiger partial charge in [0.05, 0.1) is 5.56 Å². The lowest BCUT2D eigenvalue weighted by atomic mass is 9.82. The zero-order valence-electron chi connectivity index (χ0n) is 17.2. The first-order chi connectivity index (χ1) is 14.6. The fourth-order valence-corrected chi connectivity index (χ4v) is 5.36. The number of carbonyl (C=O) groups excluding carboxylic acids is 1. The van der Waals surface area contributed by atoms with Crippen molar-refractivity contribution in [3.8, 4) is 0 Å². The molecule has 0 saturated carbocycles. The second-order valence-corrected chi connectivity index (χ2v) is 8.99. The van der Waals surface area contributed by atoms with E-state index in [-0.39, 0.29) is 28.9 Å². The summed E-state index contributed by atoms with van der Waals surface area (Å²) in [5, 5.41) is 0. The van der Waals surface area contributed by atoms with Crippen molar-refractivity contribution in [2.45, 2.75) is 44.7 Å². The minimum Gasteiger partial charge on any atom is -0.338 e. The van der Waals surface area contributed by atoms with Gasteiger partial charge in [-0.15, -0.1) is 0 Å². The number of pyridine rings is 2. The number of nitrogens with zero attached hydrogens (tertiary/aromatic N) is 3. The van der Waals surface area contributed by atoms with Crippen molar-refractivity contribution in [1.29, 1.82) is 0 Å². The van der Waals surface area contributed by atoms with Crippen molar-refractivity contribution >= 4 is 5.91 Å². The van der Waals surface area contributed by atoms with Crippen molar-refractivity contribution in [1.82, 2.24) is 19.4 Å². The van der Waals surface area contributed by atoms with Crippen LogP contribution in [0.15, 0.2) is 40.1 Å². The van der Waals surface area contributed by atoms with Crippen LogP contribution in [-0.4, -0.2) is 51.4 Å². The molecule has 30 heavy (non-hydrogen) atoms. The predicted molar refractivity (Wildman–Crippen MR) is 114 cm³/mol. The summed E-state index contributed by atoms with van der Waals surface area (Å²) < 4.78 is 1.97. The van der Waals surface area contributed by atoms with Crippen LogP contribution in [0, 0.1) is 5.92 Å². The van der Waals surface area contributed by atoms with E-state index in [1.54, 1.807) is 6.07 Å². The lowest BCUT2D eigenvalue weighted by molar-refractivity contribution is 0.0593. The first kappa shape index (κ1) is 19.3. The van der Waals surface area contributed by atoms with E-state index in [1.165, 1.54) is 31.5 Å². The SMILES string of the molecule is O=C(c1ccc(=O)[nH]c1)N1C[C@@H]2C[C@H](C1)c1ccc(CN3CCCCC3)c(=O)n1C2. The molecule has 2 saturated heterocycles. The van der Waals surface area contributed by atoms with Crippen molar-refractivity contribution in [3.63, 3.8) is 0 Å². The van der Waals surface area contributed by atoms with Gasteiger partial charge in [-0.3, -0.25) is 19.3 Å². The van der Waals surface area contributed by atoms with E-state index in [0.717, 1.165) is 37.3 Å². The van der Waals surface area contributed by atoms with E-state index in [9.17, 15) is 14.4 Å². The van der Waals surface area contributed by atoms with E-state index >= 15 is 0 Å². The lowest BCUT2D eigenvalue weighted by Crippen LogP contribution is -2.49. The fraction of sp³-hybridized carbons (Fsp3) is 0.522. The number of H-pyrrole nitrogens is 1. The van der Waals surface area contributed by atoms with Crippen molar-refractivity contribution in [3.05, 3.63) is 68.0 Å². The Hall–Kier alpha value is -2.67. The normalized spacial score (nSPS) is 23.8. The number of hydrogen-bond acceptors (Lipinski definition) is 4. The first-order valence-corrected chi connectivity index (χ1v) is 11.0. The topological polar surface area (TPSA) is 78.4 Å². The molecule has 158 valence electrons. The number of aromatic nitrogens is 2. The number of aromatic amines is 1. The Labute approximate surface area is 175 Å². The average molecular weight is 409 g/mol. The van der Waals surface area contributed by atoms with Crippen LogP contribution in [-0.2, 0) is 13.1 Å². The second kappa shape index (κ2) is 7.87. The molecule has 2 atom stereocenters. The molecule has 0 aliphatic carbocycles. The van der Waals surface area contributed by atoms with Crippen molar-refractivity contribution < 1.29 is 4.79 Å². The molecule has 1 N–H and O–H groups in total. The number of likely N-dealkylation sites (tertiary alicyclic amines) is 2. The van der Waals surface area contributed by atoms with Gasteiger partial charge in [-0.25, -0.2) is 0 Å². The first-order valence-electron chi connectivity index (χ1n) is 11.0. The van der Waals surface area contributed by atoms with E-state index in [2.05, 4.69) is 16.0 Å². The van der Waals surface area contributed by atoms with Gasteiger partial charge in [0.2, 0.25) is 5.56 Å². The van der Waals surface area contributed by atoms with Crippen LogP contribution in [0.3, 0.4) is 0 Å². The number of piperidine rings is 2. The Morgan fingerprint density at radius 1 is 1.00 bits per heavy atom. The van der Waals surface area contributed by atoms with Crippen LogP contribution in [0.2, 0.25) is 0 Å². The highest BCUT2D eigenvalue weighted by Crippen LogP contribution is 2.35. The van der Waals surface area contributed by atoms with Gasteiger partial charge in [0, 0.05) is 55.6 Å². The molecular weight excluding hydrogens is 380 g/mol. The molecule has 5 rings (SSSR count). The van der Waals surface area contributed by atoms with Crippen LogP contribution in [0.1, 0.15) is 53.2 Å².